The minimum atomic E-state index is 0.435. The number of nitrogens with zero attached hydrogens (tertiary/aromatic N) is 2. The summed E-state index contributed by atoms with van der Waals surface area (Å²) in [5, 5.41) is 12.1. The molecular weight excluding hydrogens is 391 g/mol. The van der Waals surface area contributed by atoms with Gasteiger partial charge in [0.25, 0.3) is 0 Å². The third kappa shape index (κ3) is 4.88. The van der Waals surface area contributed by atoms with E-state index in [4.69, 9.17) is 40.2 Å². The summed E-state index contributed by atoms with van der Waals surface area (Å²) in [5.74, 6) is 0.655. The standard InChI is InChI=1S/C18H16Cl2N4OS/c1-25-17-6-5-13(19)8-16(17)23-18(26)22-15-4-2-3-12(7-15)10-24-11-14(20)9-21-24/h2-9,11H,10H2,1H3,(H2,22,23,26). The van der Waals surface area contributed by atoms with Crippen LogP contribution in [0.4, 0.5) is 11.4 Å². The highest BCUT2D eigenvalue weighted by molar-refractivity contribution is 7.80. The number of anilines is 2. The monoisotopic (exact) mass is 406 g/mol. The first-order valence-electron chi connectivity index (χ1n) is 7.72. The van der Waals surface area contributed by atoms with Crippen LogP contribution >= 0.6 is 35.4 Å². The highest BCUT2D eigenvalue weighted by Gasteiger charge is 2.07. The summed E-state index contributed by atoms with van der Waals surface area (Å²) in [7, 11) is 1.59. The average molecular weight is 407 g/mol. The van der Waals surface area contributed by atoms with E-state index in [1.54, 1.807) is 42.4 Å². The van der Waals surface area contributed by atoms with E-state index in [0.29, 0.717) is 33.1 Å². The topological polar surface area (TPSA) is 51.1 Å². The maximum atomic E-state index is 6.04. The zero-order chi connectivity index (χ0) is 18.5. The van der Waals surface area contributed by atoms with E-state index in [1.165, 1.54) is 0 Å². The van der Waals surface area contributed by atoms with Crippen molar-refractivity contribution < 1.29 is 4.74 Å². The SMILES string of the molecule is COc1ccc(Cl)cc1NC(=S)Nc1cccc(Cn2cc(Cl)cn2)c1. The first kappa shape index (κ1) is 18.5. The Bertz CT molecular complexity index is 929. The number of halogens is 2. The molecule has 1 heterocycles. The zero-order valence-electron chi connectivity index (χ0n) is 13.9. The molecule has 0 atom stereocenters. The second kappa shape index (κ2) is 8.40. The summed E-state index contributed by atoms with van der Waals surface area (Å²) in [6.45, 7) is 0.616. The fourth-order valence-electron chi connectivity index (χ4n) is 2.42. The van der Waals surface area contributed by atoms with Crippen LogP contribution in [0.3, 0.4) is 0 Å². The smallest absolute Gasteiger partial charge is 0.175 e. The van der Waals surface area contributed by atoms with Gasteiger partial charge in [0.05, 0.1) is 30.6 Å². The number of nitrogens with one attached hydrogen (secondary N) is 2. The molecule has 0 saturated heterocycles. The molecule has 0 spiro atoms. The van der Waals surface area contributed by atoms with Gasteiger partial charge in [-0.3, -0.25) is 4.68 Å². The number of thiocarbonyl (C=S) groups is 1. The first-order chi connectivity index (χ1) is 12.5. The van der Waals surface area contributed by atoms with Gasteiger partial charge in [-0.15, -0.1) is 0 Å². The van der Waals surface area contributed by atoms with Gasteiger partial charge >= 0.3 is 0 Å². The van der Waals surface area contributed by atoms with Gasteiger partial charge in [-0.2, -0.15) is 5.10 Å². The van der Waals surface area contributed by atoms with Crippen molar-refractivity contribution in [3.8, 4) is 5.75 Å². The van der Waals surface area contributed by atoms with Gasteiger partial charge in [-0.25, -0.2) is 0 Å². The van der Waals surface area contributed by atoms with Gasteiger partial charge in [0, 0.05) is 16.9 Å². The van der Waals surface area contributed by atoms with Crippen LogP contribution in [0, 0.1) is 0 Å². The summed E-state index contributed by atoms with van der Waals surface area (Å²) in [6.07, 6.45) is 3.39. The van der Waals surface area contributed by atoms with Gasteiger partial charge in [0.2, 0.25) is 0 Å². The van der Waals surface area contributed by atoms with Crippen LogP contribution in [0.15, 0.2) is 54.9 Å². The van der Waals surface area contributed by atoms with E-state index in [-0.39, 0.29) is 0 Å². The fraction of sp³-hybridized carbons (Fsp3) is 0.111. The number of rotatable bonds is 5. The van der Waals surface area contributed by atoms with Crippen LogP contribution < -0.4 is 15.4 Å². The lowest BCUT2D eigenvalue weighted by Gasteiger charge is -2.14. The number of ether oxygens (including phenoxy) is 1. The Morgan fingerprint density at radius 1 is 1.15 bits per heavy atom. The number of hydrogen-bond acceptors (Lipinski definition) is 3. The molecule has 1 aromatic heterocycles. The zero-order valence-corrected chi connectivity index (χ0v) is 16.2. The van der Waals surface area contributed by atoms with Gasteiger partial charge in [-0.05, 0) is 48.1 Å². The molecule has 3 aromatic rings. The minimum absolute atomic E-state index is 0.435. The molecule has 2 aromatic carbocycles. The van der Waals surface area contributed by atoms with Crippen molar-refractivity contribution in [2.45, 2.75) is 6.54 Å². The highest BCUT2D eigenvalue weighted by atomic mass is 35.5. The van der Waals surface area contributed by atoms with Crippen LogP contribution in [-0.4, -0.2) is 22.0 Å². The normalized spacial score (nSPS) is 10.4. The van der Waals surface area contributed by atoms with E-state index in [1.807, 2.05) is 24.3 Å². The number of benzene rings is 2. The van der Waals surface area contributed by atoms with Crippen molar-refractivity contribution >= 4 is 51.9 Å². The Morgan fingerprint density at radius 3 is 2.73 bits per heavy atom. The van der Waals surface area contributed by atoms with Crippen LogP contribution in [0.2, 0.25) is 10.0 Å². The lowest BCUT2D eigenvalue weighted by Crippen LogP contribution is -2.19. The van der Waals surface area contributed by atoms with Crippen LogP contribution in [0.1, 0.15) is 5.56 Å². The second-order valence-electron chi connectivity index (χ2n) is 5.48. The molecule has 0 radical (unpaired) electrons. The lowest BCUT2D eigenvalue weighted by atomic mass is 10.2. The van der Waals surface area contributed by atoms with Crippen molar-refractivity contribution in [1.29, 1.82) is 0 Å². The van der Waals surface area contributed by atoms with Crippen LogP contribution in [0.25, 0.3) is 0 Å². The molecule has 0 aliphatic rings. The highest BCUT2D eigenvalue weighted by Crippen LogP contribution is 2.27. The maximum Gasteiger partial charge on any atom is 0.175 e. The molecule has 3 rings (SSSR count). The largest absolute Gasteiger partial charge is 0.495 e. The minimum Gasteiger partial charge on any atom is -0.495 e. The van der Waals surface area contributed by atoms with Crippen molar-refractivity contribution in [2.75, 3.05) is 17.7 Å². The molecular formula is C18H16Cl2N4OS. The van der Waals surface area contributed by atoms with Crippen LogP contribution in [0.5, 0.6) is 5.75 Å². The Hall–Kier alpha value is -2.28. The van der Waals surface area contributed by atoms with Gasteiger partial charge in [-0.1, -0.05) is 35.3 Å². The summed E-state index contributed by atoms with van der Waals surface area (Å²) >= 11 is 17.3. The van der Waals surface area contributed by atoms with Gasteiger partial charge in [0.15, 0.2) is 5.11 Å². The quantitative estimate of drug-likeness (QED) is 0.580. The summed E-state index contributed by atoms with van der Waals surface area (Å²) in [6, 6.07) is 13.2. The van der Waals surface area contributed by atoms with E-state index in [2.05, 4.69) is 15.7 Å². The molecule has 134 valence electrons. The number of aromatic nitrogens is 2. The predicted molar refractivity (Wildman–Crippen MR) is 111 cm³/mol. The molecule has 26 heavy (non-hydrogen) atoms. The van der Waals surface area contributed by atoms with Crippen LogP contribution in [-0.2, 0) is 6.54 Å². The molecule has 0 fully saturated rings. The van der Waals surface area contributed by atoms with E-state index in [9.17, 15) is 0 Å². The molecule has 8 heteroatoms. The lowest BCUT2D eigenvalue weighted by molar-refractivity contribution is 0.417. The summed E-state index contributed by atoms with van der Waals surface area (Å²) in [5.41, 5.74) is 2.62. The first-order valence-corrected chi connectivity index (χ1v) is 8.88. The summed E-state index contributed by atoms with van der Waals surface area (Å²) in [4.78, 5) is 0. The average Bonchev–Trinajstić information content (AvgIpc) is 3.00. The third-order valence-electron chi connectivity index (χ3n) is 3.54. The van der Waals surface area contributed by atoms with E-state index in [0.717, 1.165) is 11.3 Å². The number of methoxy groups -OCH3 is 1. The van der Waals surface area contributed by atoms with Gasteiger partial charge < -0.3 is 15.4 Å². The molecule has 0 unspecified atom stereocenters. The Morgan fingerprint density at radius 2 is 2.00 bits per heavy atom. The van der Waals surface area contributed by atoms with Crippen molar-refractivity contribution in [3.63, 3.8) is 0 Å². The molecule has 0 bridgehead atoms. The van der Waals surface area contributed by atoms with Crippen molar-refractivity contribution in [3.05, 3.63) is 70.5 Å². The molecule has 5 nitrogen and oxygen atoms in total. The van der Waals surface area contributed by atoms with E-state index < -0.39 is 0 Å². The third-order valence-corrected chi connectivity index (χ3v) is 4.18. The maximum absolute atomic E-state index is 6.04. The van der Waals surface area contributed by atoms with Crippen molar-refractivity contribution in [2.24, 2.45) is 0 Å². The molecule has 0 aliphatic heterocycles. The Kier molecular flexibility index (Phi) is 5.98. The van der Waals surface area contributed by atoms with Gasteiger partial charge in [0.1, 0.15) is 5.75 Å². The predicted octanol–water partition coefficient (Wildman–Crippen LogP) is 5.06. The Labute approximate surface area is 166 Å². The van der Waals surface area contributed by atoms with E-state index >= 15 is 0 Å². The van der Waals surface area contributed by atoms with Crippen molar-refractivity contribution in [1.82, 2.24) is 9.78 Å². The summed E-state index contributed by atoms with van der Waals surface area (Å²) < 4.78 is 7.08. The molecule has 0 amide bonds. The second-order valence-corrected chi connectivity index (χ2v) is 6.76. The molecule has 0 saturated carbocycles. The molecule has 0 aliphatic carbocycles. The Balaban J connectivity index is 1.68. The fourth-order valence-corrected chi connectivity index (χ4v) is 2.98. The number of hydrogen-bond donors (Lipinski definition) is 2. The molecule has 2 N–H and O–H groups in total.